The fourth-order valence-electron chi connectivity index (χ4n) is 2.49. The Bertz CT molecular complexity index is 677. The first-order valence-electron chi connectivity index (χ1n) is 8.57. The molecule has 0 bridgehead atoms. The third-order valence-corrected chi connectivity index (χ3v) is 4.13. The number of aryl methyl sites for hydroxylation is 1. The summed E-state index contributed by atoms with van der Waals surface area (Å²) >= 11 is 0. The number of hydrogen-bond donors (Lipinski definition) is 2. The largest absolute Gasteiger partial charge is 0.359 e. The minimum atomic E-state index is -0.221. The zero-order valence-electron chi connectivity index (χ0n) is 15.7. The van der Waals surface area contributed by atoms with E-state index in [1.807, 2.05) is 34.0 Å². The quantitative estimate of drug-likeness (QED) is 0.809. The summed E-state index contributed by atoms with van der Waals surface area (Å²) in [5, 5.41) is 9.71. The van der Waals surface area contributed by atoms with E-state index < -0.39 is 0 Å². The molecule has 2 rings (SSSR count). The molecule has 6 heteroatoms. The highest BCUT2D eigenvalue weighted by molar-refractivity contribution is 5.73. The Kier molecular flexibility index (Phi) is 6.58. The number of nitrogens with one attached hydrogen (secondary N) is 2. The predicted octanol–water partition coefficient (Wildman–Crippen LogP) is 3.21. The maximum absolute atomic E-state index is 12.1. The van der Waals surface area contributed by atoms with Crippen LogP contribution in [0.5, 0.6) is 0 Å². The second-order valence-corrected chi connectivity index (χ2v) is 6.83. The van der Waals surface area contributed by atoms with Crippen molar-refractivity contribution in [2.24, 2.45) is 0 Å². The summed E-state index contributed by atoms with van der Waals surface area (Å²) in [6.45, 7) is 7.01. The Morgan fingerprint density at radius 3 is 2.44 bits per heavy atom. The molecule has 1 heterocycles. The summed E-state index contributed by atoms with van der Waals surface area (Å²) in [5.74, 6) is 0.961. The van der Waals surface area contributed by atoms with Crippen LogP contribution < -0.4 is 10.6 Å². The summed E-state index contributed by atoms with van der Waals surface area (Å²) in [4.78, 5) is 14.2. The van der Waals surface area contributed by atoms with Crippen LogP contribution in [0.2, 0.25) is 0 Å². The van der Waals surface area contributed by atoms with Gasteiger partial charge in [0.25, 0.3) is 0 Å². The molecule has 1 aromatic heterocycles. The smallest absolute Gasteiger partial charge is 0.315 e. The maximum Gasteiger partial charge on any atom is 0.315 e. The molecule has 0 radical (unpaired) electrons. The number of benzene rings is 1. The van der Waals surface area contributed by atoms with Crippen molar-refractivity contribution in [3.05, 3.63) is 52.9 Å². The van der Waals surface area contributed by atoms with Gasteiger partial charge in [0.1, 0.15) is 0 Å². The lowest BCUT2D eigenvalue weighted by molar-refractivity contribution is 0.231. The molecule has 136 valence electrons. The molecule has 1 aromatic carbocycles. The van der Waals surface area contributed by atoms with Crippen molar-refractivity contribution < 1.29 is 9.32 Å². The van der Waals surface area contributed by atoms with E-state index in [-0.39, 0.29) is 12.1 Å². The minimum Gasteiger partial charge on any atom is -0.359 e. The number of rotatable bonds is 7. The second-order valence-electron chi connectivity index (χ2n) is 6.83. The van der Waals surface area contributed by atoms with Crippen LogP contribution in [0.15, 0.2) is 34.9 Å². The molecule has 25 heavy (non-hydrogen) atoms. The van der Waals surface area contributed by atoms with Gasteiger partial charge in [0.15, 0.2) is 5.76 Å². The number of urea groups is 1. The normalized spacial score (nSPS) is 12.4. The van der Waals surface area contributed by atoms with E-state index in [1.54, 1.807) is 0 Å². The molecular formula is C19H28N4O2. The van der Waals surface area contributed by atoms with Gasteiger partial charge in [-0.05, 0) is 32.5 Å². The summed E-state index contributed by atoms with van der Waals surface area (Å²) < 4.78 is 5.22. The van der Waals surface area contributed by atoms with Crippen molar-refractivity contribution in [2.75, 3.05) is 20.6 Å². The fraction of sp³-hybridized carbons (Fsp3) is 0.474. The van der Waals surface area contributed by atoms with Crippen LogP contribution >= 0.6 is 0 Å². The van der Waals surface area contributed by atoms with Gasteiger partial charge < -0.3 is 20.1 Å². The van der Waals surface area contributed by atoms with Crippen molar-refractivity contribution in [3.8, 4) is 0 Å². The van der Waals surface area contributed by atoms with Gasteiger partial charge in [-0.2, -0.15) is 0 Å². The van der Waals surface area contributed by atoms with Gasteiger partial charge >= 0.3 is 6.03 Å². The first-order valence-corrected chi connectivity index (χ1v) is 8.57. The number of hydrogen-bond acceptors (Lipinski definition) is 4. The maximum atomic E-state index is 12.1. The standard InChI is InChI=1S/C19H28N4O2/c1-13(2)17-10-16(25-22-17)11-20-19(24)21-12-18(23(4)5)15-8-6-14(3)7-9-15/h6-10,13,18H,11-12H2,1-5H3,(H2,20,21,24)/t18-/m1/s1. The Morgan fingerprint density at radius 1 is 1.20 bits per heavy atom. The molecule has 2 aromatic rings. The summed E-state index contributed by atoms with van der Waals surface area (Å²) in [6.07, 6.45) is 0. The molecule has 0 aliphatic rings. The van der Waals surface area contributed by atoms with E-state index >= 15 is 0 Å². The summed E-state index contributed by atoms with van der Waals surface area (Å²) in [7, 11) is 4.01. The van der Waals surface area contributed by atoms with Crippen molar-refractivity contribution in [2.45, 2.75) is 39.3 Å². The average Bonchev–Trinajstić information content (AvgIpc) is 3.04. The average molecular weight is 344 g/mol. The van der Waals surface area contributed by atoms with Crippen LogP contribution in [0.4, 0.5) is 4.79 Å². The van der Waals surface area contributed by atoms with Crippen molar-refractivity contribution in [3.63, 3.8) is 0 Å². The number of carbonyl (C=O) groups is 1. The lowest BCUT2D eigenvalue weighted by Crippen LogP contribution is -2.40. The minimum absolute atomic E-state index is 0.115. The Balaban J connectivity index is 1.85. The zero-order valence-corrected chi connectivity index (χ0v) is 15.7. The summed E-state index contributed by atoms with van der Waals surface area (Å²) in [6, 6.07) is 10.1. The Labute approximate surface area is 149 Å². The van der Waals surface area contributed by atoms with Gasteiger partial charge in [0, 0.05) is 12.6 Å². The van der Waals surface area contributed by atoms with Crippen LogP contribution in [0, 0.1) is 6.92 Å². The predicted molar refractivity (Wildman–Crippen MR) is 98.4 cm³/mol. The van der Waals surface area contributed by atoms with Gasteiger partial charge in [-0.25, -0.2) is 4.79 Å². The molecule has 0 fully saturated rings. The monoisotopic (exact) mass is 344 g/mol. The highest BCUT2D eigenvalue weighted by atomic mass is 16.5. The SMILES string of the molecule is Cc1ccc([C@@H](CNC(=O)NCc2cc(C(C)C)no2)N(C)C)cc1. The van der Waals surface area contributed by atoms with Crippen LogP contribution in [0.25, 0.3) is 0 Å². The van der Waals surface area contributed by atoms with E-state index in [1.165, 1.54) is 11.1 Å². The number of aromatic nitrogens is 1. The van der Waals surface area contributed by atoms with Crippen molar-refractivity contribution in [1.82, 2.24) is 20.7 Å². The van der Waals surface area contributed by atoms with Gasteiger partial charge in [0.2, 0.25) is 0 Å². The van der Waals surface area contributed by atoms with E-state index in [0.717, 1.165) is 5.69 Å². The first-order chi connectivity index (χ1) is 11.9. The number of nitrogens with zero attached hydrogens (tertiary/aromatic N) is 2. The van der Waals surface area contributed by atoms with Crippen molar-refractivity contribution in [1.29, 1.82) is 0 Å². The van der Waals surface area contributed by atoms with E-state index in [9.17, 15) is 4.79 Å². The number of amides is 2. The third-order valence-electron chi connectivity index (χ3n) is 4.13. The van der Waals surface area contributed by atoms with E-state index in [4.69, 9.17) is 4.52 Å². The lowest BCUT2D eigenvalue weighted by Gasteiger charge is -2.25. The van der Waals surface area contributed by atoms with Crippen molar-refractivity contribution >= 4 is 6.03 Å². The molecule has 0 aliphatic carbocycles. The first kappa shape index (κ1) is 19.0. The molecule has 0 spiro atoms. The van der Waals surface area contributed by atoms with Crippen LogP contribution in [-0.2, 0) is 6.54 Å². The molecular weight excluding hydrogens is 316 g/mol. The second kappa shape index (κ2) is 8.67. The molecule has 2 amide bonds. The number of likely N-dealkylation sites (N-methyl/N-ethyl adjacent to an activating group) is 1. The molecule has 2 N–H and O–H groups in total. The van der Waals surface area contributed by atoms with E-state index in [2.05, 4.69) is 51.9 Å². The van der Waals surface area contributed by atoms with Crippen LogP contribution in [0.1, 0.15) is 48.4 Å². The molecule has 1 atom stereocenters. The van der Waals surface area contributed by atoms with E-state index in [0.29, 0.717) is 24.8 Å². The topological polar surface area (TPSA) is 70.4 Å². The van der Waals surface area contributed by atoms with Gasteiger partial charge in [-0.3, -0.25) is 0 Å². The van der Waals surface area contributed by atoms with Gasteiger partial charge in [-0.1, -0.05) is 48.8 Å². The van der Waals surface area contributed by atoms with Gasteiger partial charge in [-0.15, -0.1) is 0 Å². The molecule has 0 saturated heterocycles. The summed E-state index contributed by atoms with van der Waals surface area (Å²) in [5.41, 5.74) is 3.29. The van der Waals surface area contributed by atoms with Crippen LogP contribution in [-0.4, -0.2) is 36.7 Å². The fourth-order valence-corrected chi connectivity index (χ4v) is 2.49. The third kappa shape index (κ3) is 5.60. The van der Waals surface area contributed by atoms with Gasteiger partial charge in [0.05, 0.1) is 18.3 Å². The lowest BCUT2D eigenvalue weighted by atomic mass is 10.0. The number of carbonyl (C=O) groups excluding carboxylic acids is 1. The molecule has 6 nitrogen and oxygen atoms in total. The molecule has 0 unspecified atom stereocenters. The Hall–Kier alpha value is -2.34. The zero-order chi connectivity index (χ0) is 18.4. The molecule has 0 aliphatic heterocycles. The highest BCUT2D eigenvalue weighted by Crippen LogP contribution is 2.18. The highest BCUT2D eigenvalue weighted by Gasteiger charge is 2.15. The Morgan fingerprint density at radius 2 is 1.88 bits per heavy atom. The van der Waals surface area contributed by atoms with Crippen LogP contribution in [0.3, 0.4) is 0 Å². The molecule has 0 saturated carbocycles.